The normalized spacial score (nSPS) is 14.6. The minimum absolute atomic E-state index is 0.0403. The Morgan fingerprint density at radius 1 is 1.13 bits per heavy atom. The first kappa shape index (κ1) is 19.3. The number of hydrogen-bond acceptors (Lipinski definition) is 8. The number of rotatable bonds is 6. The molecule has 0 saturated carbocycles. The van der Waals surface area contributed by atoms with Crippen molar-refractivity contribution in [3.63, 3.8) is 0 Å². The first-order valence-electron chi connectivity index (χ1n) is 10.4. The van der Waals surface area contributed by atoms with Crippen LogP contribution in [0.1, 0.15) is 29.0 Å². The lowest BCUT2D eigenvalue weighted by atomic mass is 10.1. The van der Waals surface area contributed by atoms with Gasteiger partial charge in [-0.05, 0) is 44.1 Å². The van der Waals surface area contributed by atoms with E-state index in [1.54, 1.807) is 24.7 Å². The van der Waals surface area contributed by atoms with Crippen molar-refractivity contribution in [1.82, 2.24) is 25.3 Å². The molecule has 4 aromatic rings. The molecular formula is C23H22N6O2. The molecule has 4 heterocycles. The van der Waals surface area contributed by atoms with Crippen molar-refractivity contribution in [1.29, 1.82) is 0 Å². The number of hydrogen-bond donors (Lipinski definition) is 2. The molecule has 8 nitrogen and oxygen atoms in total. The molecule has 2 N–H and O–H groups in total. The van der Waals surface area contributed by atoms with Gasteiger partial charge in [0, 0.05) is 34.9 Å². The average Bonchev–Trinajstić information content (AvgIpc) is 3.34. The van der Waals surface area contributed by atoms with Crippen molar-refractivity contribution in [2.45, 2.75) is 25.3 Å². The average molecular weight is 414 g/mol. The van der Waals surface area contributed by atoms with Gasteiger partial charge < -0.3 is 15.1 Å². The molecule has 0 radical (unpaired) electrons. The van der Waals surface area contributed by atoms with E-state index in [1.807, 2.05) is 24.3 Å². The lowest BCUT2D eigenvalue weighted by Crippen LogP contribution is -2.35. The van der Waals surface area contributed by atoms with E-state index in [0.717, 1.165) is 48.2 Å². The van der Waals surface area contributed by atoms with Crippen molar-refractivity contribution in [2.75, 3.05) is 18.4 Å². The van der Waals surface area contributed by atoms with E-state index in [4.69, 9.17) is 4.42 Å². The van der Waals surface area contributed by atoms with Crippen molar-refractivity contribution < 1.29 is 9.21 Å². The topological polar surface area (TPSA) is 106 Å². The number of piperidine rings is 1. The summed E-state index contributed by atoms with van der Waals surface area (Å²) in [5.74, 6) is 1.84. The molecule has 0 atom stereocenters. The second-order valence-corrected chi connectivity index (χ2v) is 7.62. The fourth-order valence-electron chi connectivity index (χ4n) is 3.76. The number of carbonyl (C=O) groups excluding carboxylic acids is 1. The van der Waals surface area contributed by atoms with Gasteiger partial charge in [0.1, 0.15) is 11.6 Å². The van der Waals surface area contributed by atoms with Gasteiger partial charge in [-0.2, -0.15) is 0 Å². The molecule has 1 aromatic carbocycles. The van der Waals surface area contributed by atoms with Crippen LogP contribution in [0.2, 0.25) is 0 Å². The third kappa shape index (κ3) is 4.44. The third-order valence-corrected chi connectivity index (χ3v) is 5.44. The molecule has 31 heavy (non-hydrogen) atoms. The molecule has 0 spiro atoms. The van der Waals surface area contributed by atoms with Gasteiger partial charge in [0.05, 0.1) is 18.1 Å². The number of fused-ring (bicyclic) bond motifs is 1. The predicted molar refractivity (Wildman–Crippen MR) is 117 cm³/mol. The van der Waals surface area contributed by atoms with Crippen LogP contribution in [0.4, 0.5) is 5.82 Å². The van der Waals surface area contributed by atoms with E-state index in [9.17, 15) is 4.79 Å². The highest BCUT2D eigenvalue weighted by molar-refractivity contribution is 5.97. The summed E-state index contributed by atoms with van der Waals surface area (Å²) >= 11 is 0. The summed E-state index contributed by atoms with van der Waals surface area (Å²) in [6, 6.07) is 9.71. The second-order valence-electron chi connectivity index (χ2n) is 7.62. The molecule has 8 heteroatoms. The summed E-state index contributed by atoms with van der Waals surface area (Å²) in [5, 5.41) is 7.68. The van der Waals surface area contributed by atoms with Gasteiger partial charge >= 0.3 is 0 Å². The SMILES string of the molecule is O=C(Cc1ncc2ccc(-c3cnco3)cc2n1)c1ccnc(NC2CCNCC2)c1. The van der Waals surface area contributed by atoms with Crippen molar-refractivity contribution in [3.05, 3.63) is 66.7 Å². The molecule has 0 unspecified atom stereocenters. The standard InChI is InChI=1S/C23H22N6O2/c30-20(15-3-8-26-22(10-15)28-18-4-6-24-7-5-18)11-23-27-12-17-2-1-16(9-19(17)29-23)21-13-25-14-31-21/h1-3,8-10,12-14,18,24H,4-7,11H2,(H,26,28). The molecular weight excluding hydrogens is 392 g/mol. The molecule has 3 aromatic heterocycles. The highest BCUT2D eigenvalue weighted by Gasteiger charge is 2.15. The van der Waals surface area contributed by atoms with Crippen LogP contribution in [0.5, 0.6) is 0 Å². The Hall–Kier alpha value is -3.65. The molecule has 0 bridgehead atoms. The van der Waals surface area contributed by atoms with Crippen molar-refractivity contribution >= 4 is 22.5 Å². The fraction of sp³-hybridized carbons (Fsp3) is 0.261. The van der Waals surface area contributed by atoms with Crippen LogP contribution in [0, 0.1) is 0 Å². The Morgan fingerprint density at radius 2 is 2.03 bits per heavy atom. The number of aromatic nitrogens is 4. The van der Waals surface area contributed by atoms with Crippen LogP contribution < -0.4 is 10.6 Å². The van der Waals surface area contributed by atoms with Crippen LogP contribution >= 0.6 is 0 Å². The van der Waals surface area contributed by atoms with Gasteiger partial charge in [0.15, 0.2) is 17.9 Å². The number of anilines is 1. The first-order valence-corrected chi connectivity index (χ1v) is 10.4. The minimum atomic E-state index is -0.0403. The van der Waals surface area contributed by atoms with Crippen LogP contribution in [0.25, 0.3) is 22.2 Å². The van der Waals surface area contributed by atoms with Gasteiger partial charge in [0.2, 0.25) is 0 Å². The Balaban J connectivity index is 1.33. The quantitative estimate of drug-likeness (QED) is 0.463. The van der Waals surface area contributed by atoms with Crippen molar-refractivity contribution in [3.8, 4) is 11.3 Å². The van der Waals surface area contributed by atoms with E-state index < -0.39 is 0 Å². The number of oxazole rings is 1. The molecule has 1 aliphatic heterocycles. The smallest absolute Gasteiger partial charge is 0.181 e. The summed E-state index contributed by atoms with van der Waals surface area (Å²) < 4.78 is 5.36. The number of nitrogens with zero attached hydrogens (tertiary/aromatic N) is 4. The lowest BCUT2D eigenvalue weighted by Gasteiger charge is -2.24. The molecule has 1 saturated heterocycles. The summed E-state index contributed by atoms with van der Waals surface area (Å²) in [7, 11) is 0. The van der Waals surface area contributed by atoms with Crippen LogP contribution in [0.15, 0.2) is 59.7 Å². The van der Waals surface area contributed by atoms with Crippen LogP contribution in [-0.2, 0) is 6.42 Å². The number of benzene rings is 1. The van der Waals surface area contributed by atoms with E-state index in [2.05, 4.69) is 30.6 Å². The maximum Gasteiger partial charge on any atom is 0.181 e. The van der Waals surface area contributed by atoms with Gasteiger partial charge in [-0.25, -0.2) is 19.9 Å². The maximum atomic E-state index is 12.9. The zero-order valence-electron chi connectivity index (χ0n) is 16.9. The van der Waals surface area contributed by atoms with E-state index in [-0.39, 0.29) is 12.2 Å². The maximum absolute atomic E-state index is 12.9. The number of nitrogens with one attached hydrogen (secondary N) is 2. The number of ketones is 1. The third-order valence-electron chi connectivity index (χ3n) is 5.44. The van der Waals surface area contributed by atoms with Gasteiger partial charge in [-0.1, -0.05) is 12.1 Å². The van der Waals surface area contributed by atoms with Gasteiger partial charge in [-0.3, -0.25) is 4.79 Å². The second kappa shape index (κ2) is 8.61. The number of carbonyl (C=O) groups is 1. The molecule has 5 rings (SSSR count). The Morgan fingerprint density at radius 3 is 2.87 bits per heavy atom. The van der Waals surface area contributed by atoms with Crippen molar-refractivity contribution in [2.24, 2.45) is 0 Å². The van der Waals surface area contributed by atoms with E-state index in [0.29, 0.717) is 23.2 Å². The summed E-state index contributed by atoms with van der Waals surface area (Å²) in [6.07, 6.45) is 8.67. The largest absolute Gasteiger partial charge is 0.444 e. The summed E-state index contributed by atoms with van der Waals surface area (Å²) in [5.41, 5.74) is 2.24. The lowest BCUT2D eigenvalue weighted by molar-refractivity contribution is 0.0991. The van der Waals surface area contributed by atoms with Gasteiger partial charge in [0.25, 0.3) is 0 Å². The number of pyridine rings is 1. The molecule has 156 valence electrons. The Kier molecular flexibility index (Phi) is 5.37. The summed E-state index contributed by atoms with van der Waals surface area (Å²) in [4.78, 5) is 30.2. The zero-order chi connectivity index (χ0) is 21.0. The molecule has 0 amide bonds. The highest BCUT2D eigenvalue weighted by atomic mass is 16.3. The Labute approximate surface area is 179 Å². The van der Waals surface area contributed by atoms with Crippen LogP contribution in [-0.4, -0.2) is 44.9 Å². The van der Waals surface area contributed by atoms with E-state index >= 15 is 0 Å². The first-order chi connectivity index (χ1) is 15.2. The van der Waals surface area contributed by atoms with Gasteiger partial charge in [-0.15, -0.1) is 0 Å². The molecule has 0 aliphatic carbocycles. The molecule has 1 fully saturated rings. The Bertz CT molecular complexity index is 1200. The summed E-state index contributed by atoms with van der Waals surface area (Å²) in [6.45, 7) is 1.99. The predicted octanol–water partition coefficient (Wildman–Crippen LogP) is 3.27. The fourth-order valence-corrected chi connectivity index (χ4v) is 3.76. The minimum Gasteiger partial charge on any atom is -0.444 e. The number of Topliss-reactive ketones (excluding diaryl/α,β-unsaturated/α-hetero) is 1. The monoisotopic (exact) mass is 414 g/mol. The zero-order valence-corrected chi connectivity index (χ0v) is 16.9. The van der Waals surface area contributed by atoms with Crippen LogP contribution in [0.3, 0.4) is 0 Å². The molecule has 1 aliphatic rings. The van der Waals surface area contributed by atoms with E-state index in [1.165, 1.54) is 6.39 Å². The highest BCUT2D eigenvalue weighted by Crippen LogP contribution is 2.23.